The molecule has 1 amide bonds. The molecule has 1 aromatic rings. The van der Waals surface area contributed by atoms with E-state index in [-0.39, 0.29) is 18.5 Å². The molecule has 20 heavy (non-hydrogen) atoms. The Morgan fingerprint density at radius 3 is 2.45 bits per heavy atom. The summed E-state index contributed by atoms with van der Waals surface area (Å²) in [6.45, 7) is 5.37. The maximum atomic E-state index is 13.8. The molecule has 0 fully saturated rings. The summed E-state index contributed by atoms with van der Waals surface area (Å²) < 4.78 is 14.4. The minimum Gasteiger partial charge on any atom is -0.481 e. The molecule has 0 aliphatic rings. The molecule has 0 radical (unpaired) electrons. The van der Waals surface area contributed by atoms with Crippen LogP contribution in [0.25, 0.3) is 0 Å². The number of carbonyl (C=O) groups excluding carboxylic acids is 1. The van der Waals surface area contributed by atoms with E-state index in [4.69, 9.17) is 5.11 Å². The normalized spacial score (nSPS) is 11.2. The van der Waals surface area contributed by atoms with E-state index in [2.05, 4.69) is 15.9 Å². The maximum Gasteiger partial charge on any atom is 0.305 e. The lowest BCUT2D eigenvalue weighted by Gasteiger charge is -2.35. The number of carboxylic acids is 1. The molecule has 6 heteroatoms. The summed E-state index contributed by atoms with van der Waals surface area (Å²) in [5.74, 6) is -2.14. The van der Waals surface area contributed by atoms with Crippen LogP contribution in [0.2, 0.25) is 0 Å². The molecule has 0 unspecified atom stereocenters. The van der Waals surface area contributed by atoms with Crippen molar-refractivity contribution in [1.82, 2.24) is 4.90 Å². The summed E-state index contributed by atoms with van der Waals surface area (Å²) in [6.07, 6.45) is -0.182. The molecule has 1 aromatic carbocycles. The molecular formula is C14H17BrFNO3. The minimum atomic E-state index is -0.998. The Balaban J connectivity index is 3.10. The van der Waals surface area contributed by atoms with Gasteiger partial charge in [-0.3, -0.25) is 9.59 Å². The van der Waals surface area contributed by atoms with Gasteiger partial charge in [0.05, 0.1) is 12.0 Å². The van der Waals surface area contributed by atoms with Crippen molar-refractivity contribution in [2.24, 2.45) is 0 Å². The fourth-order valence-corrected chi connectivity index (χ4v) is 2.12. The van der Waals surface area contributed by atoms with Crippen LogP contribution in [0, 0.1) is 5.82 Å². The zero-order valence-electron chi connectivity index (χ0n) is 11.6. The summed E-state index contributed by atoms with van der Waals surface area (Å²) >= 11 is 3.19. The van der Waals surface area contributed by atoms with Crippen molar-refractivity contribution in [1.29, 1.82) is 0 Å². The number of halogens is 2. The molecule has 0 bridgehead atoms. The first-order valence-electron chi connectivity index (χ1n) is 6.11. The molecule has 0 saturated carbocycles. The maximum absolute atomic E-state index is 13.8. The number of benzene rings is 1. The monoisotopic (exact) mass is 345 g/mol. The van der Waals surface area contributed by atoms with Crippen LogP contribution in [0.1, 0.15) is 37.6 Å². The van der Waals surface area contributed by atoms with E-state index in [1.54, 1.807) is 20.8 Å². The Morgan fingerprint density at radius 2 is 1.95 bits per heavy atom. The Kier molecular flexibility index (Phi) is 5.28. The molecule has 0 aliphatic heterocycles. The summed E-state index contributed by atoms with van der Waals surface area (Å²) in [7, 11) is 0. The minimum absolute atomic E-state index is 0.0314. The molecular weight excluding hydrogens is 329 g/mol. The van der Waals surface area contributed by atoms with Crippen LogP contribution in [0.4, 0.5) is 4.39 Å². The number of aliphatic carboxylic acids is 1. The van der Waals surface area contributed by atoms with E-state index in [0.717, 1.165) is 0 Å². The Morgan fingerprint density at radius 1 is 1.35 bits per heavy atom. The van der Waals surface area contributed by atoms with Gasteiger partial charge in [-0.1, -0.05) is 15.9 Å². The second-order valence-electron chi connectivity index (χ2n) is 5.40. The van der Waals surface area contributed by atoms with Gasteiger partial charge in [-0.25, -0.2) is 4.39 Å². The molecule has 0 aromatic heterocycles. The first-order chi connectivity index (χ1) is 9.12. The van der Waals surface area contributed by atoms with Crippen molar-refractivity contribution in [2.75, 3.05) is 6.54 Å². The highest BCUT2D eigenvalue weighted by Crippen LogP contribution is 2.22. The van der Waals surface area contributed by atoms with Gasteiger partial charge in [0, 0.05) is 16.6 Å². The first kappa shape index (κ1) is 16.6. The molecule has 110 valence electrons. The van der Waals surface area contributed by atoms with E-state index in [1.165, 1.54) is 23.1 Å². The summed E-state index contributed by atoms with van der Waals surface area (Å²) in [5.41, 5.74) is -0.666. The van der Waals surface area contributed by atoms with E-state index in [0.29, 0.717) is 4.47 Å². The summed E-state index contributed by atoms with van der Waals surface area (Å²) in [6, 6.07) is 4.11. The van der Waals surface area contributed by atoms with Gasteiger partial charge < -0.3 is 10.0 Å². The number of carboxylic acid groups (broad SMARTS) is 1. The fraction of sp³-hybridized carbons (Fsp3) is 0.429. The first-order valence-corrected chi connectivity index (χ1v) is 6.91. The second-order valence-corrected chi connectivity index (χ2v) is 6.31. The van der Waals surface area contributed by atoms with Gasteiger partial charge in [0.15, 0.2) is 0 Å². The number of hydrogen-bond acceptors (Lipinski definition) is 2. The van der Waals surface area contributed by atoms with Crippen LogP contribution in [0.3, 0.4) is 0 Å². The zero-order chi connectivity index (χ0) is 15.5. The standard InChI is InChI=1S/C14H17BrFNO3/c1-14(2,3)17(7-6-12(18)19)13(20)10-8-9(15)4-5-11(10)16/h4-5,8H,6-7H2,1-3H3,(H,18,19). The topological polar surface area (TPSA) is 57.6 Å². The van der Waals surface area contributed by atoms with Crippen LogP contribution in [-0.4, -0.2) is 34.0 Å². The summed E-state index contributed by atoms with van der Waals surface area (Å²) in [5, 5.41) is 8.76. The van der Waals surface area contributed by atoms with Crippen molar-refractivity contribution in [3.63, 3.8) is 0 Å². The lowest BCUT2D eigenvalue weighted by molar-refractivity contribution is -0.137. The van der Waals surface area contributed by atoms with Crippen molar-refractivity contribution < 1.29 is 19.1 Å². The van der Waals surface area contributed by atoms with Crippen LogP contribution in [0.5, 0.6) is 0 Å². The lowest BCUT2D eigenvalue weighted by Crippen LogP contribution is -2.46. The van der Waals surface area contributed by atoms with Gasteiger partial charge in [-0.15, -0.1) is 0 Å². The Bertz CT molecular complexity index is 526. The highest BCUT2D eigenvalue weighted by molar-refractivity contribution is 9.10. The predicted octanol–water partition coefficient (Wildman–Crippen LogP) is 3.30. The highest BCUT2D eigenvalue weighted by atomic mass is 79.9. The number of hydrogen-bond donors (Lipinski definition) is 1. The van der Waals surface area contributed by atoms with E-state index < -0.39 is 23.2 Å². The molecule has 1 N–H and O–H groups in total. The van der Waals surface area contributed by atoms with Crippen LogP contribution in [-0.2, 0) is 4.79 Å². The molecule has 0 saturated heterocycles. The SMILES string of the molecule is CC(C)(C)N(CCC(=O)O)C(=O)c1cc(Br)ccc1F. The van der Waals surface area contributed by atoms with Crippen LogP contribution < -0.4 is 0 Å². The number of rotatable bonds is 4. The average molecular weight is 346 g/mol. The van der Waals surface area contributed by atoms with E-state index >= 15 is 0 Å². The smallest absolute Gasteiger partial charge is 0.305 e. The third kappa shape index (κ3) is 4.30. The van der Waals surface area contributed by atoms with Gasteiger partial charge in [0.1, 0.15) is 5.82 Å². The Hall–Kier alpha value is -1.43. The lowest BCUT2D eigenvalue weighted by atomic mass is 10.0. The van der Waals surface area contributed by atoms with Crippen LogP contribution in [0.15, 0.2) is 22.7 Å². The molecule has 0 spiro atoms. The molecule has 1 rings (SSSR count). The van der Waals surface area contributed by atoms with Gasteiger partial charge in [-0.2, -0.15) is 0 Å². The third-order valence-electron chi connectivity index (χ3n) is 2.76. The van der Waals surface area contributed by atoms with Crippen molar-refractivity contribution in [2.45, 2.75) is 32.7 Å². The molecule has 0 atom stereocenters. The van der Waals surface area contributed by atoms with Gasteiger partial charge in [-0.05, 0) is 39.0 Å². The number of nitrogens with zero attached hydrogens (tertiary/aromatic N) is 1. The predicted molar refractivity (Wildman–Crippen MR) is 77.1 cm³/mol. The average Bonchev–Trinajstić information content (AvgIpc) is 2.30. The largest absolute Gasteiger partial charge is 0.481 e. The van der Waals surface area contributed by atoms with Crippen molar-refractivity contribution in [3.05, 3.63) is 34.1 Å². The van der Waals surface area contributed by atoms with E-state index in [9.17, 15) is 14.0 Å². The number of amides is 1. The highest BCUT2D eigenvalue weighted by Gasteiger charge is 2.29. The molecule has 4 nitrogen and oxygen atoms in total. The second kappa shape index (κ2) is 6.35. The Labute approximate surface area is 125 Å². The summed E-state index contributed by atoms with van der Waals surface area (Å²) in [4.78, 5) is 24.5. The van der Waals surface area contributed by atoms with E-state index in [1.807, 2.05) is 0 Å². The molecule has 0 aliphatic carbocycles. The fourth-order valence-electron chi connectivity index (χ4n) is 1.76. The number of carbonyl (C=O) groups is 2. The third-order valence-corrected chi connectivity index (χ3v) is 3.26. The van der Waals surface area contributed by atoms with Crippen molar-refractivity contribution >= 4 is 27.8 Å². The quantitative estimate of drug-likeness (QED) is 0.910. The van der Waals surface area contributed by atoms with Crippen LogP contribution >= 0.6 is 15.9 Å². The van der Waals surface area contributed by atoms with Crippen molar-refractivity contribution in [3.8, 4) is 0 Å². The van der Waals surface area contributed by atoms with Gasteiger partial charge >= 0.3 is 5.97 Å². The van der Waals surface area contributed by atoms with Gasteiger partial charge in [0.2, 0.25) is 0 Å². The molecule has 0 heterocycles. The van der Waals surface area contributed by atoms with Gasteiger partial charge in [0.25, 0.3) is 5.91 Å². The zero-order valence-corrected chi connectivity index (χ0v) is 13.2.